The van der Waals surface area contributed by atoms with Crippen LogP contribution in [0.2, 0.25) is 0 Å². The van der Waals surface area contributed by atoms with Crippen molar-refractivity contribution in [2.24, 2.45) is 0 Å². The van der Waals surface area contributed by atoms with E-state index >= 15 is 0 Å². The van der Waals surface area contributed by atoms with Crippen LogP contribution >= 0.6 is 0 Å². The quantitative estimate of drug-likeness (QED) is 0.683. The van der Waals surface area contributed by atoms with Crippen LogP contribution < -0.4 is 21.1 Å². The Kier molecular flexibility index (Phi) is 4.32. The van der Waals surface area contributed by atoms with Crippen molar-refractivity contribution in [2.75, 3.05) is 24.2 Å². The Hall–Kier alpha value is -2.12. The lowest BCUT2D eigenvalue weighted by molar-refractivity contribution is -0.122. The van der Waals surface area contributed by atoms with E-state index in [-0.39, 0.29) is 23.9 Å². The summed E-state index contributed by atoms with van der Waals surface area (Å²) >= 11 is 0. The molecule has 1 unspecified atom stereocenters. The van der Waals surface area contributed by atoms with Crippen LogP contribution in [-0.2, 0) is 4.79 Å². The average Bonchev–Trinajstić information content (AvgIpc) is 2.38. The third-order valence-corrected chi connectivity index (χ3v) is 2.67. The lowest BCUT2D eigenvalue weighted by atomic mass is 10.1. The molecule has 2 heterocycles. The molecule has 0 bridgehead atoms. The van der Waals surface area contributed by atoms with E-state index in [0.717, 1.165) is 12.8 Å². The first-order valence-electron chi connectivity index (χ1n) is 6.35. The number of piperidine rings is 1. The fraction of sp³-hybridized carbons (Fsp3) is 0.636. The van der Waals surface area contributed by atoms with E-state index in [1.807, 2.05) is 6.92 Å². The number of hydrogen-bond acceptors (Lipinski definition) is 7. The Bertz CT molecular complexity index is 443. The molecule has 8 nitrogen and oxygen atoms in total. The molecule has 1 saturated heterocycles. The zero-order valence-corrected chi connectivity index (χ0v) is 10.8. The molecule has 1 aliphatic rings. The van der Waals surface area contributed by atoms with Crippen molar-refractivity contribution in [3.63, 3.8) is 0 Å². The molecule has 104 valence electrons. The number of aromatic nitrogens is 3. The number of nitrogens with one attached hydrogen (secondary N) is 2. The summed E-state index contributed by atoms with van der Waals surface area (Å²) in [4.78, 5) is 23.1. The molecule has 8 heteroatoms. The summed E-state index contributed by atoms with van der Waals surface area (Å²) in [6.07, 6.45) is 2.10. The highest BCUT2D eigenvalue weighted by atomic mass is 16.5. The standard InChI is InChI=1S/C11H18N6O2/c1-2-5-19-11-16-9(12)15-10(17-11)14-7-3-4-8(18)13-6-7/h7H,2-6H2,1H3,(H,13,18)(H3,12,14,15,16,17). The Balaban J connectivity index is 1.99. The maximum Gasteiger partial charge on any atom is 0.323 e. The fourth-order valence-corrected chi connectivity index (χ4v) is 1.73. The van der Waals surface area contributed by atoms with Crippen LogP contribution in [0, 0.1) is 0 Å². The first-order chi connectivity index (χ1) is 9.17. The number of rotatable bonds is 5. The molecule has 0 spiro atoms. The lowest BCUT2D eigenvalue weighted by Crippen LogP contribution is -2.42. The largest absolute Gasteiger partial charge is 0.463 e. The van der Waals surface area contributed by atoms with Crippen molar-refractivity contribution in [3.8, 4) is 6.01 Å². The minimum atomic E-state index is 0.0696. The number of nitrogen functional groups attached to an aromatic ring is 1. The monoisotopic (exact) mass is 266 g/mol. The van der Waals surface area contributed by atoms with Crippen molar-refractivity contribution < 1.29 is 9.53 Å². The van der Waals surface area contributed by atoms with E-state index in [4.69, 9.17) is 10.5 Å². The van der Waals surface area contributed by atoms with Gasteiger partial charge in [-0.25, -0.2) is 0 Å². The van der Waals surface area contributed by atoms with E-state index in [1.54, 1.807) is 0 Å². The van der Waals surface area contributed by atoms with Crippen LogP contribution in [-0.4, -0.2) is 40.1 Å². The third-order valence-electron chi connectivity index (χ3n) is 2.67. The highest BCUT2D eigenvalue weighted by Gasteiger charge is 2.19. The Labute approximate surface area is 111 Å². The second kappa shape index (κ2) is 6.17. The summed E-state index contributed by atoms with van der Waals surface area (Å²) in [6.45, 7) is 3.08. The van der Waals surface area contributed by atoms with Crippen molar-refractivity contribution in [1.29, 1.82) is 0 Å². The minimum absolute atomic E-state index is 0.0696. The summed E-state index contributed by atoms with van der Waals surface area (Å²) in [5, 5.41) is 5.90. The fourth-order valence-electron chi connectivity index (χ4n) is 1.73. The van der Waals surface area contributed by atoms with Gasteiger partial charge in [0.15, 0.2) is 0 Å². The van der Waals surface area contributed by atoms with Crippen LogP contribution in [0.25, 0.3) is 0 Å². The number of carbonyl (C=O) groups excluding carboxylic acids is 1. The van der Waals surface area contributed by atoms with Gasteiger partial charge in [0.05, 0.1) is 6.61 Å². The van der Waals surface area contributed by atoms with Gasteiger partial charge in [-0.3, -0.25) is 4.79 Å². The van der Waals surface area contributed by atoms with E-state index in [0.29, 0.717) is 25.5 Å². The molecule has 0 saturated carbocycles. The van der Waals surface area contributed by atoms with Gasteiger partial charge < -0.3 is 21.1 Å². The predicted octanol–water partition coefficient (Wildman–Crippen LogP) is -0.0669. The molecular formula is C11H18N6O2. The molecular weight excluding hydrogens is 248 g/mol. The second-order valence-electron chi connectivity index (χ2n) is 4.33. The summed E-state index contributed by atoms with van der Waals surface area (Å²) < 4.78 is 5.33. The molecule has 2 rings (SSSR count). The van der Waals surface area contributed by atoms with Crippen LogP contribution in [0.4, 0.5) is 11.9 Å². The maximum absolute atomic E-state index is 11.1. The van der Waals surface area contributed by atoms with Gasteiger partial charge in [-0.15, -0.1) is 0 Å². The molecule has 19 heavy (non-hydrogen) atoms. The number of carbonyl (C=O) groups is 1. The summed E-state index contributed by atoms with van der Waals surface area (Å²) in [5.74, 6) is 0.559. The SMILES string of the molecule is CCCOc1nc(N)nc(NC2CCC(=O)NC2)n1. The number of hydrogen-bond donors (Lipinski definition) is 3. The predicted molar refractivity (Wildman–Crippen MR) is 69.7 cm³/mol. The number of ether oxygens (including phenoxy) is 1. The Morgan fingerprint density at radius 3 is 3.00 bits per heavy atom. The number of amides is 1. The lowest BCUT2D eigenvalue weighted by Gasteiger charge is -2.23. The highest BCUT2D eigenvalue weighted by Crippen LogP contribution is 2.13. The number of nitrogens with zero attached hydrogens (tertiary/aromatic N) is 3. The topological polar surface area (TPSA) is 115 Å². The normalized spacial score (nSPS) is 18.8. The maximum atomic E-state index is 11.1. The van der Waals surface area contributed by atoms with Crippen LogP contribution in [0.3, 0.4) is 0 Å². The van der Waals surface area contributed by atoms with Crippen molar-refractivity contribution >= 4 is 17.8 Å². The molecule has 1 aromatic heterocycles. The van der Waals surface area contributed by atoms with Gasteiger partial charge in [0.1, 0.15) is 0 Å². The van der Waals surface area contributed by atoms with Crippen LogP contribution in [0.1, 0.15) is 26.2 Å². The molecule has 1 atom stereocenters. The summed E-state index contributed by atoms with van der Waals surface area (Å²) in [5.41, 5.74) is 5.61. The molecule has 0 aromatic carbocycles. The summed E-state index contributed by atoms with van der Waals surface area (Å²) in [7, 11) is 0. The minimum Gasteiger partial charge on any atom is -0.463 e. The van der Waals surface area contributed by atoms with Gasteiger partial charge in [0, 0.05) is 19.0 Å². The highest BCUT2D eigenvalue weighted by molar-refractivity contribution is 5.76. The molecule has 1 aliphatic heterocycles. The van der Waals surface area contributed by atoms with E-state index in [1.165, 1.54) is 0 Å². The van der Waals surface area contributed by atoms with E-state index < -0.39 is 0 Å². The van der Waals surface area contributed by atoms with Gasteiger partial charge in [0.25, 0.3) is 0 Å². The molecule has 1 fully saturated rings. The van der Waals surface area contributed by atoms with Crippen molar-refractivity contribution in [2.45, 2.75) is 32.2 Å². The molecule has 4 N–H and O–H groups in total. The van der Waals surface area contributed by atoms with Gasteiger partial charge in [-0.1, -0.05) is 6.92 Å². The van der Waals surface area contributed by atoms with Crippen LogP contribution in [0.5, 0.6) is 6.01 Å². The third kappa shape index (κ3) is 3.94. The molecule has 1 aromatic rings. The molecule has 0 radical (unpaired) electrons. The van der Waals surface area contributed by atoms with Gasteiger partial charge in [-0.2, -0.15) is 15.0 Å². The second-order valence-corrected chi connectivity index (χ2v) is 4.33. The van der Waals surface area contributed by atoms with E-state index in [9.17, 15) is 4.79 Å². The van der Waals surface area contributed by atoms with Crippen molar-refractivity contribution in [3.05, 3.63) is 0 Å². The smallest absolute Gasteiger partial charge is 0.323 e. The summed E-state index contributed by atoms with van der Waals surface area (Å²) in [6, 6.07) is 0.315. The zero-order valence-electron chi connectivity index (χ0n) is 10.8. The molecule has 0 aliphatic carbocycles. The zero-order chi connectivity index (χ0) is 13.7. The van der Waals surface area contributed by atoms with Gasteiger partial charge >= 0.3 is 6.01 Å². The average molecular weight is 266 g/mol. The van der Waals surface area contributed by atoms with Crippen molar-refractivity contribution in [1.82, 2.24) is 20.3 Å². The van der Waals surface area contributed by atoms with Crippen LogP contribution in [0.15, 0.2) is 0 Å². The van der Waals surface area contributed by atoms with Gasteiger partial charge in [-0.05, 0) is 12.8 Å². The van der Waals surface area contributed by atoms with Gasteiger partial charge in [0.2, 0.25) is 17.8 Å². The molecule has 1 amide bonds. The number of anilines is 2. The number of nitrogens with two attached hydrogens (primary N) is 1. The Morgan fingerprint density at radius 1 is 1.47 bits per heavy atom. The van der Waals surface area contributed by atoms with E-state index in [2.05, 4.69) is 25.6 Å². The first-order valence-corrected chi connectivity index (χ1v) is 6.35. The first kappa shape index (κ1) is 13.3. The Morgan fingerprint density at radius 2 is 2.32 bits per heavy atom.